The van der Waals surface area contributed by atoms with E-state index in [0.717, 1.165) is 47.6 Å². The van der Waals surface area contributed by atoms with E-state index in [1.807, 2.05) is 19.9 Å². The smallest absolute Gasteiger partial charge is 0.411 e. The number of amides is 2. The maximum Gasteiger partial charge on any atom is 0.411 e. The summed E-state index contributed by atoms with van der Waals surface area (Å²) in [5, 5.41) is 4.81. The Morgan fingerprint density at radius 3 is 1.02 bits per heavy atom. The summed E-state index contributed by atoms with van der Waals surface area (Å²) in [4.78, 5) is 92.4. The largest absolute Gasteiger partial charge is 0.462 e. The van der Waals surface area contributed by atoms with Crippen LogP contribution in [-0.2, 0) is 66.7 Å². The van der Waals surface area contributed by atoms with Crippen LogP contribution in [0.15, 0.2) is 94.1 Å². The third-order valence-corrected chi connectivity index (χ3v) is 7.10. The number of ether oxygens (including phenoxy) is 8. The fraction of sp³-hybridized carbons (Fsp3) is 0.333. The minimum atomic E-state index is -1.39. The molecule has 0 bridgehead atoms. The van der Waals surface area contributed by atoms with Gasteiger partial charge in [-0.1, -0.05) is 45.5 Å². The van der Waals surface area contributed by atoms with Gasteiger partial charge in [0, 0.05) is 49.2 Å². The first kappa shape index (κ1) is 50.0. The van der Waals surface area contributed by atoms with E-state index >= 15 is 0 Å². The molecule has 2 N–H and O–H groups in total. The van der Waals surface area contributed by atoms with Crippen LogP contribution in [0.4, 0.5) is 15.3 Å². The third kappa shape index (κ3) is 20.9. The van der Waals surface area contributed by atoms with Crippen molar-refractivity contribution in [2.45, 2.75) is 13.8 Å². The van der Waals surface area contributed by atoms with Gasteiger partial charge in [-0.05, 0) is 37.1 Å². The molecule has 0 radical (unpaired) electrons. The normalized spacial score (nSPS) is 10.2. The van der Waals surface area contributed by atoms with Gasteiger partial charge in [-0.2, -0.15) is 0 Å². The zero-order valence-corrected chi connectivity index (χ0v) is 32.1. The lowest BCUT2D eigenvalue weighted by Gasteiger charge is -2.31. The number of aryl methyl sites for hydroxylation is 2. The van der Waals surface area contributed by atoms with Crippen LogP contribution in [-0.4, -0.2) is 108 Å². The Hall–Kier alpha value is -6.98. The molecular weight excluding hydrogens is 752 g/mol. The Balaban J connectivity index is 0.00000114. The molecule has 0 heterocycles. The Kier molecular flexibility index (Phi) is 23.5. The number of anilines is 1. The molecule has 0 fully saturated rings. The summed E-state index contributed by atoms with van der Waals surface area (Å²) in [5.41, 5.74) is -0.182. The second-order valence-electron chi connectivity index (χ2n) is 11.7. The van der Waals surface area contributed by atoms with Crippen LogP contribution in [0.3, 0.4) is 0 Å². The Bertz CT molecular complexity index is 1550. The van der Waals surface area contributed by atoms with E-state index in [4.69, 9.17) is 37.9 Å². The zero-order chi connectivity index (χ0) is 43.4. The minimum Gasteiger partial charge on any atom is -0.462 e. The Labute approximate surface area is 330 Å². The van der Waals surface area contributed by atoms with Crippen LogP contribution < -0.4 is 10.6 Å². The number of carbonyl (C=O) groups excluding carboxylic acids is 8. The van der Waals surface area contributed by atoms with Gasteiger partial charge >= 0.3 is 48.0 Å². The molecule has 0 aliphatic carbocycles. The molecule has 0 atom stereocenters. The maximum absolute atomic E-state index is 12.3. The first-order valence-corrected chi connectivity index (χ1v) is 16.6. The number of hydrogen-bond acceptors (Lipinski definition) is 16. The lowest BCUT2D eigenvalue weighted by Crippen LogP contribution is -2.44. The van der Waals surface area contributed by atoms with Crippen molar-refractivity contribution in [2.75, 3.05) is 65.2 Å². The van der Waals surface area contributed by atoms with Crippen LogP contribution in [0.5, 0.6) is 0 Å². The summed E-state index contributed by atoms with van der Waals surface area (Å²) < 4.78 is 40.3. The zero-order valence-electron chi connectivity index (χ0n) is 32.1. The summed E-state index contributed by atoms with van der Waals surface area (Å²) >= 11 is 0. The monoisotopic (exact) mass is 800 g/mol. The molecule has 2 amide bonds. The van der Waals surface area contributed by atoms with Gasteiger partial charge in [0.05, 0.1) is 0 Å². The van der Waals surface area contributed by atoms with Crippen molar-refractivity contribution in [2.24, 2.45) is 10.8 Å². The summed E-state index contributed by atoms with van der Waals surface area (Å²) in [6.45, 7) is 20.4. The molecule has 0 aromatic heterocycles. The second kappa shape index (κ2) is 26.7. The van der Waals surface area contributed by atoms with E-state index in [2.05, 4.69) is 50.1 Å². The van der Waals surface area contributed by atoms with E-state index in [1.165, 1.54) is 7.05 Å². The molecule has 18 heteroatoms. The number of nitrogens with one attached hydrogen (secondary N) is 2. The molecule has 310 valence electrons. The van der Waals surface area contributed by atoms with Gasteiger partial charge in [0.1, 0.15) is 63.7 Å². The van der Waals surface area contributed by atoms with E-state index < -0.39 is 85.3 Å². The van der Waals surface area contributed by atoms with Crippen molar-refractivity contribution >= 4 is 53.7 Å². The van der Waals surface area contributed by atoms with Crippen LogP contribution in [0.1, 0.15) is 11.1 Å². The number of hydrogen-bond donors (Lipinski definition) is 2. The predicted octanol–water partition coefficient (Wildman–Crippen LogP) is 3.54. The quantitative estimate of drug-likeness (QED) is 0.0915. The lowest BCUT2D eigenvalue weighted by atomic mass is 9.92. The summed E-state index contributed by atoms with van der Waals surface area (Å²) in [6, 6.07) is 5.32. The number of rotatable bonds is 23. The van der Waals surface area contributed by atoms with E-state index in [-0.39, 0.29) is 26.4 Å². The Morgan fingerprint density at radius 1 is 0.474 bits per heavy atom. The van der Waals surface area contributed by atoms with Crippen LogP contribution in [0.2, 0.25) is 0 Å². The van der Waals surface area contributed by atoms with Gasteiger partial charge in [0.2, 0.25) is 0 Å². The highest BCUT2D eigenvalue weighted by atomic mass is 16.6. The Morgan fingerprint density at radius 2 is 0.754 bits per heavy atom. The SMILES string of the molecule is C=CC(=O)OCC(COC(=O)C=C)(COC(=O)C=C)COC(=O)NC.C=CC(=O)OCC(COC(=O)C=C)(COC(=O)C=C)COC(=O)Nc1ccc(C)c(C)c1. The van der Waals surface area contributed by atoms with Gasteiger partial charge in [-0.15, -0.1) is 0 Å². The lowest BCUT2D eigenvalue weighted by molar-refractivity contribution is -0.161. The number of esters is 6. The average Bonchev–Trinajstić information content (AvgIpc) is 3.22. The van der Waals surface area contributed by atoms with Crippen molar-refractivity contribution in [1.82, 2.24) is 5.32 Å². The molecule has 0 spiro atoms. The van der Waals surface area contributed by atoms with E-state index in [0.29, 0.717) is 5.69 Å². The van der Waals surface area contributed by atoms with Gasteiger partial charge in [0.15, 0.2) is 0 Å². The first-order chi connectivity index (χ1) is 27.0. The molecule has 1 aromatic carbocycles. The highest BCUT2D eigenvalue weighted by Crippen LogP contribution is 2.23. The molecule has 0 aliphatic rings. The van der Waals surface area contributed by atoms with Gasteiger partial charge in [0.25, 0.3) is 0 Å². The summed E-state index contributed by atoms with van der Waals surface area (Å²) in [7, 11) is 1.34. The van der Waals surface area contributed by atoms with Gasteiger partial charge in [-0.3, -0.25) is 5.32 Å². The molecule has 0 saturated heterocycles. The molecule has 0 aliphatic heterocycles. The van der Waals surface area contributed by atoms with Gasteiger partial charge in [-0.25, -0.2) is 38.4 Å². The molecule has 18 nitrogen and oxygen atoms in total. The molecule has 0 unspecified atom stereocenters. The topological polar surface area (TPSA) is 234 Å². The van der Waals surface area contributed by atoms with Crippen molar-refractivity contribution in [1.29, 1.82) is 0 Å². The standard InChI is InChI=1S/C23H27NO8.C16H21NO8/c1-6-19(25)29-12-23(13-30-20(26)7-2,14-31-21(27)8-3)15-32-22(28)24-18-10-9-16(4)17(5)11-18;1-5-12(18)22-8-16(9-23-13(19)6-2,10-24-14(20)7-3)11-25-15(21)17-4/h6-11H,1-3,12-15H2,4-5H3,(H,24,28);5-7H,1-3,8-11H2,4H3,(H,17,21). The molecular formula is C39H48N2O16. The minimum absolute atomic E-state index is 0.369. The predicted molar refractivity (Wildman–Crippen MR) is 203 cm³/mol. The highest BCUT2D eigenvalue weighted by Gasteiger charge is 2.38. The van der Waals surface area contributed by atoms with Crippen LogP contribution in [0.25, 0.3) is 0 Å². The summed E-state index contributed by atoms with van der Waals surface area (Å²) in [5.74, 6) is -4.56. The van der Waals surface area contributed by atoms with Crippen molar-refractivity contribution < 1.29 is 76.3 Å². The van der Waals surface area contributed by atoms with E-state index in [9.17, 15) is 38.4 Å². The van der Waals surface area contributed by atoms with Crippen molar-refractivity contribution in [3.63, 3.8) is 0 Å². The number of alkyl carbamates (subject to hydrolysis) is 1. The average molecular weight is 801 g/mol. The van der Waals surface area contributed by atoms with Crippen LogP contribution in [0, 0.1) is 24.7 Å². The fourth-order valence-corrected chi connectivity index (χ4v) is 3.68. The highest BCUT2D eigenvalue weighted by molar-refractivity contribution is 5.85. The number of benzene rings is 1. The molecule has 1 rings (SSSR count). The number of carbonyl (C=O) groups is 8. The maximum atomic E-state index is 12.3. The molecule has 1 aromatic rings. The second-order valence-corrected chi connectivity index (χ2v) is 11.7. The molecule has 0 saturated carbocycles. The molecule has 57 heavy (non-hydrogen) atoms. The fourth-order valence-electron chi connectivity index (χ4n) is 3.68. The first-order valence-electron chi connectivity index (χ1n) is 16.6. The third-order valence-electron chi connectivity index (χ3n) is 7.10. The van der Waals surface area contributed by atoms with Crippen LogP contribution >= 0.6 is 0 Å². The van der Waals surface area contributed by atoms with E-state index in [1.54, 1.807) is 12.1 Å². The van der Waals surface area contributed by atoms with Crippen molar-refractivity contribution in [3.8, 4) is 0 Å². The van der Waals surface area contributed by atoms with Crippen molar-refractivity contribution in [3.05, 3.63) is 105 Å². The summed E-state index contributed by atoms with van der Waals surface area (Å²) in [6.07, 6.45) is 4.00. The van der Waals surface area contributed by atoms with Gasteiger partial charge < -0.3 is 43.2 Å².